The normalized spacial score (nSPS) is 24.0. The molecule has 7 nitrogen and oxygen atoms in total. The zero-order valence-corrected chi connectivity index (χ0v) is 16.1. The molecule has 2 rings (SSSR count). The number of hydrogen-bond donors (Lipinski definition) is 2. The largest absolute Gasteiger partial charge is 0.373 e. The Kier molecular flexibility index (Phi) is 8.48. The number of amides is 1. The lowest BCUT2D eigenvalue weighted by molar-refractivity contribution is -0.130. The lowest BCUT2D eigenvalue weighted by atomic mass is 10.2. The van der Waals surface area contributed by atoms with Gasteiger partial charge in [-0.2, -0.15) is 0 Å². The summed E-state index contributed by atoms with van der Waals surface area (Å²) in [5.41, 5.74) is 0. The first-order chi connectivity index (χ1) is 12.2. The molecule has 7 heteroatoms. The van der Waals surface area contributed by atoms with Gasteiger partial charge < -0.3 is 20.3 Å². The van der Waals surface area contributed by atoms with Gasteiger partial charge in [0.25, 0.3) is 0 Å². The second-order valence-electron chi connectivity index (χ2n) is 6.71. The van der Waals surface area contributed by atoms with Gasteiger partial charge in [0.2, 0.25) is 5.91 Å². The summed E-state index contributed by atoms with van der Waals surface area (Å²) >= 11 is 0. The average Bonchev–Trinajstić information content (AvgIpc) is 3.08. The first-order valence-electron chi connectivity index (χ1n) is 9.83. The van der Waals surface area contributed by atoms with Crippen LogP contribution < -0.4 is 10.6 Å². The van der Waals surface area contributed by atoms with Crippen molar-refractivity contribution in [1.29, 1.82) is 0 Å². The molecular weight excluding hydrogens is 318 g/mol. The van der Waals surface area contributed by atoms with Crippen LogP contribution in [0.2, 0.25) is 0 Å². The minimum atomic E-state index is 0.169. The van der Waals surface area contributed by atoms with E-state index in [2.05, 4.69) is 20.5 Å². The van der Waals surface area contributed by atoms with E-state index >= 15 is 0 Å². The van der Waals surface area contributed by atoms with Crippen LogP contribution in [0.5, 0.6) is 0 Å². The molecule has 144 valence electrons. The molecule has 2 aliphatic heterocycles. The molecule has 0 saturated carbocycles. The molecular formula is C18H35N5O2. The Bertz CT molecular complexity index is 439. The summed E-state index contributed by atoms with van der Waals surface area (Å²) in [5, 5.41) is 6.51. The maximum atomic E-state index is 12.1. The number of rotatable bonds is 8. The van der Waals surface area contributed by atoms with Gasteiger partial charge in [-0.05, 0) is 40.2 Å². The molecule has 2 saturated heterocycles. The van der Waals surface area contributed by atoms with Crippen molar-refractivity contribution in [2.75, 3.05) is 52.4 Å². The predicted octanol–water partition coefficient (Wildman–Crippen LogP) is 0.663. The van der Waals surface area contributed by atoms with Crippen LogP contribution in [0, 0.1) is 0 Å². The fraction of sp³-hybridized carbons (Fsp3) is 0.889. The highest BCUT2D eigenvalue weighted by atomic mass is 16.5. The van der Waals surface area contributed by atoms with Crippen molar-refractivity contribution < 1.29 is 9.53 Å². The van der Waals surface area contributed by atoms with Crippen molar-refractivity contribution in [3.63, 3.8) is 0 Å². The number of guanidine groups is 1. The zero-order valence-electron chi connectivity index (χ0n) is 16.1. The lowest BCUT2D eigenvalue weighted by Gasteiger charge is -2.34. The van der Waals surface area contributed by atoms with Crippen molar-refractivity contribution in [3.8, 4) is 0 Å². The van der Waals surface area contributed by atoms with Crippen LogP contribution in [-0.4, -0.2) is 86.2 Å². The van der Waals surface area contributed by atoms with E-state index in [1.165, 1.54) is 19.4 Å². The van der Waals surface area contributed by atoms with Crippen molar-refractivity contribution in [1.82, 2.24) is 20.4 Å². The number of carbonyl (C=O) groups excluding carboxylic acids is 1. The Morgan fingerprint density at radius 2 is 2.08 bits per heavy atom. The highest BCUT2D eigenvalue weighted by Gasteiger charge is 2.31. The number of aliphatic imine (C=N–C) groups is 1. The fourth-order valence-corrected chi connectivity index (χ4v) is 3.55. The van der Waals surface area contributed by atoms with Gasteiger partial charge in [-0.1, -0.05) is 0 Å². The molecule has 2 atom stereocenters. The molecule has 2 heterocycles. The van der Waals surface area contributed by atoms with E-state index in [-0.39, 0.29) is 12.0 Å². The van der Waals surface area contributed by atoms with Crippen LogP contribution in [0.25, 0.3) is 0 Å². The quantitative estimate of drug-likeness (QED) is 0.496. The minimum Gasteiger partial charge on any atom is -0.373 e. The summed E-state index contributed by atoms with van der Waals surface area (Å²) in [5.74, 6) is 0.950. The third kappa shape index (κ3) is 6.15. The van der Waals surface area contributed by atoms with Crippen molar-refractivity contribution in [3.05, 3.63) is 0 Å². The van der Waals surface area contributed by atoms with E-state index in [1.54, 1.807) is 0 Å². The first kappa shape index (κ1) is 20.0. The molecule has 0 bridgehead atoms. The maximum Gasteiger partial charge on any atom is 0.224 e. The van der Waals surface area contributed by atoms with E-state index in [1.807, 2.05) is 25.7 Å². The van der Waals surface area contributed by atoms with Crippen LogP contribution in [0.3, 0.4) is 0 Å². The summed E-state index contributed by atoms with van der Waals surface area (Å²) < 4.78 is 5.96. The molecule has 0 aromatic heterocycles. The number of hydrogen-bond acceptors (Lipinski definition) is 4. The molecule has 25 heavy (non-hydrogen) atoms. The van der Waals surface area contributed by atoms with Gasteiger partial charge in [0.05, 0.1) is 19.3 Å². The van der Waals surface area contributed by atoms with E-state index in [0.29, 0.717) is 25.6 Å². The summed E-state index contributed by atoms with van der Waals surface area (Å²) in [7, 11) is 0. The van der Waals surface area contributed by atoms with E-state index in [0.717, 1.165) is 38.7 Å². The van der Waals surface area contributed by atoms with Crippen LogP contribution in [0.1, 0.15) is 40.0 Å². The van der Waals surface area contributed by atoms with E-state index in [4.69, 9.17) is 4.74 Å². The van der Waals surface area contributed by atoms with E-state index in [9.17, 15) is 4.79 Å². The first-order valence-corrected chi connectivity index (χ1v) is 9.83. The molecule has 0 aromatic carbocycles. The molecule has 2 aliphatic rings. The van der Waals surface area contributed by atoms with Gasteiger partial charge in [-0.25, -0.2) is 0 Å². The van der Waals surface area contributed by atoms with Gasteiger partial charge in [-0.3, -0.25) is 14.7 Å². The lowest BCUT2D eigenvalue weighted by Crippen LogP contribution is -2.47. The second-order valence-corrected chi connectivity index (χ2v) is 6.71. The number of nitrogens with zero attached hydrogens (tertiary/aromatic N) is 3. The van der Waals surface area contributed by atoms with Crippen LogP contribution in [0.4, 0.5) is 0 Å². The Labute approximate surface area is 152 Å². The minimum absolute atomic E-state index is 0.169. The van der Waals surface area contributed by atoms with Gasteiger partial charge in [0.1, 0.15) is 0 Å². The van der Waals surface area contributed by atoms with Crippen molar-refractivity contribution in [2.45, 2.75) is 52.2 Å². The number of morpholine rings is 1. The summed E-state index contributed by atoms with van der Waals surface area (Å²) in [6.45, 7) is 12.7. The highest BCUT2D eigenvalue weighted by Crippen LogP contribution is 2.22. The molecule has 0 aromatic rings. The third-order valence-electron chi connectivity index (χ3n) is 5.01. The molecule has 2 unspecified atom stereocenters. The van der Waals surface area contributed by atoms with Gasteiger partial charge >= 0.3 is 0 Å². The summed E-state index contributed by atoms with van der Waals surface area (Å²) in [6, 6.07) is 0.623. The van der Waals surface area contributed by atoms with Crippen LogP contribution in [-0.2, 0) is 9.53 Å². The third-order valence-corrected chi connectivity index (χ3v) is 5.01. The number of fused-ring (bicyclic) bond motifs is 1. The van der Waals surface area contributed by atoms with Gasteiger partial charge in [0.15, 0.2) is 5.96 Å². The Morgan fingerprint density at radius 3 is 2.80 bits per heavy atom. The van der Waals surface area contributed by atoms with Crippen LogP contribution in [0.15, 0.2) is 4.99 Å². The summed E-state index contributed by atoms with van der Waals surface area (Å²) in [6.07, 6.45) is 3.21. The fourth-order valence-electron chi connectivity index (χ4n) is 3.55. The molecule has 2 N–H and O–H groups in total. The Balaban J connectivity index is 1.75. The number of carbonyl (C=O) groups is 1. The van der Waals surface area contributed by atoms with Gasteiger partial charge in [-0.15, -0.1) is 0 Å². The number of ether oxygens (including phenoxy) is 1. The molecule has 0 aliphatic carbocycles. The maximum absolute atomic E-state index is 12.1. The Hall–Kier alpha value is -1.34. The number of nitrogens with one attached hydrogen (secondary N) is 2. The second kappa shape index (κ2) is 10.6. The zero-order chi connectivity index (χ0) is 18.1. The topological polar surface area (TPSA) is 69.2 Å². The molecule has 0 spiro atoms. The SMILES string of the molecule is CCNC(=NCC1CN2CCCC2CO1)NCCC(=O)N(CC)CC. The standard InChI is InChI=1S/C18H35N5O2/c1-4-19-18(20-10-9-17(24)22(5-2)6-3)21-12-16-13-23-11-7-8-15(23)14-25-16/h15-16H,4-14H2,1-3H3,(H2,19,20,21). The average molecular weight is 354 g/mol. The molecule has 1 amide bonds. The molecule has 0 radical (unpaired) electrons. The monoisotopic (exact) mass is 353 g/mol. The van der Waals surface area contributed by atoms with E-state index < -0.39 is 0 Å². The molecule has 2 fully saturated rings. The van der Waals surface area contributed by atoms with Crippen LogP contribution >= 0.6 is 0 Å². The highest BCUT2D eigenvalue weighted by molar-refractivity contribution is 5.81. The van der Waals surface area contributed by atoms with Crippen molar-refractivity contribution in [2.24, 2.45) is 4.99 Å². The Morgan fingerprint density at radius 1 is 1.28 bits per heavy atom. The predicted molar refractivity (Wildman–Crippen MR) is 101 cm³/mol. The smallest absolute Gasteiger partial charge is 0.224 e. The van der Waals surface area contributed by atoms with Crippen molar-refractivity contribution >= 4 is 11.9 Å². The van der Waals surface area contributed by atoms with Gasteiger partial charge in [0, 0.05) is 45.2 Å². The summed E-state index contributed by atoms with van der Waals surface area (Å²) in [4.78, 5) is 21.1.